The molecule has 0 aliphatic carbocycles. The summed E-state index contributed by atoms with van der Waals surface area (Å²) in [6.07, 6.45) is 0. The first kappa shape index (κ1) is 10.5. The highest BCUT2D eigenvalue weighted by Crippen LogP contribution is 2.25. The molecule has 0 spiro atoms. The van der Waals surface area contributed by atoms with Crippen molar-refractivity contribution in [2.24, 2.45) is 0 Å². The van der Waals surface area contributed by atoms with Crippen molar-refractivity contribution in [1.29, 1.82) is 0 Å². The van der Waals surface area contributed by atoms with Crippen molar-refractivity contribution in [2.45, 2.75) is 25.1 Å². The molecular formula is C10H11ClF2. The van der Waals surface area contributed by atoms with Crippen LogP contribution >= 0.6 is 11.6 Å². The number of hydrogen-bond acceptors (Lipinski definition) is 0. The maximum absolute atomic E-state index is 13.2. The van der Waals surface area contributed by atoms with Gasteiger partial charge in [-0.2, -0.15) is 0 Å². The Morgan fingerprint density at radius 2 is 1.85 bits per heavy atom. The SMILES string of the molecule is CC(Cl)C(C)c1cc(F)ccc1F. The Kier molecular flexibility index (Phi) is 3.26. The molecule has 0 amide bonds. The van der Waals surface area contributed by atoms with Crippen molar-refractivity contribution in [1.82, 2.24) is 0 Å². The second-order valence-electron chi connectivity index (χ2n) is 3.13. The smallest absolute Gasteiger partial charge is 0.126 e. The minimum atomic E-state index is -0.430. The molecule has 2 atom stereocenters. The lowest BCUT2D eigenvalue weighted by Gasteiger charge is -2.14. The van der Waals surface area contributed by atoms with Crippen LogP contribution in [0, 0.1) is 11.6 Å². The highest BCUT2D eigenvalue weighted by molar-refractivity contribution is 6.20. The molecule has 0 aliphatic rings. The Hall–Kier alpha value is -0.630. The quantitative estimate of drug-likeness (QED) is 0.645. The average molecular weight is 205 g/mol. The Labute approximate surface area is 81.5 Å². The van der Waals surface area contributed by atoms with E-state index >= 15 is 0 Å². The van der Waals surface area contributed by atoms with Gasteiger partial charge >= 0.3 is 0 Å². The van der Waals surface area contributed by atoms with E-state index in [0.717, 1.165) is 12.1 Å². The monoisotopic (exact) mass is 204 g/mol. The van der Waals surface area contributed by atoms with Gasteiger partial charge in [0.1, 0.15) is 11.6 Å². The fourth-order valence-electron chi connectivity index (χ4n) is 1.11. The molecule has 0 radical (unpaired) electrons. The van der Waals surface area contributed by atoms with Crippen LogP contribution in [-0.4, -0.2) is 5.38 Å². The molecule has 3 heteroatoms. The van der Waals surface area contributed by atoms with Crippen molar-refractivity contribution in [3.05, 3.63) is 35.4 Å². The molecule has 0 heterocycles. The van der Waals surface area contributed by atoms with E-state index in [2.05, 4.69) is 0 Å². The maximum Gasteiger partial charge on any atom is 0.126 e. The number of alkyl halides is 1. The maximum atomic E-state index is 13.2. The van der Waals surface area contributed by atoms with Crippen molar-refractivity contribution < 1.29 is 8.78 Å². The standard InChI is InChI=1S/C10H11ClF2/c1-6(7(2)11)9-5-8(12)3-4-10(9)13/h3-7H,1-2H3. The van der Waals surface area contributed by atoms with Crippen LogP contribution in [0.5, 0.6) is 0 Å². The molecule has 0 fully saturated rings. The van der Waals surface area contributed by atoms with E-state index in [4.69, 9.17) is 11.6 Å². The van der Waals surface area contributed by atoms with Crippen LogP contribution in [0.2, 0.25) is 0 Å². The van der Waals surface area contributed by atoms with Crippen LogP contribution in [0.25, 0.3) is 0 Å². The van der Waals surface area contributed by atoms with E-state index in [1.54, 1.807) is 13.8 Å². The fraction of sp³-hybridized carbons (Fsp3) is 0.400. The zero-order chi connectivity index (χ0) is 10.0. The Balaban J connectivity index is 3.05. The molecule has 2 unspecified atom stereocenters. The predicted molar refractivity (Wildman–Crippen MR) is 50.1 cm³/mol. The summed E-state index contributed by atoms with van der Waals surface area (Å²) in [6.45, 7) is 3.53. The third kappa shape index (κ3) is 2.41. The molecule has 1 aromatic rings. The summed E-state index contributed by atoms with van der Waals surface area (Å²) >= 11 is 5.80. The summed E-state index contributed by atoms with van der Waals surface area (Å²) < 4.78 is 25.9. The molecule has 0 aromatic heterocycles. The number of hydrogen-bond donors (Lipinski definition) is 0. The van der Waals surface area contributed by atoms with Gasteiger partial charge in [0.25, 0.3) is 0 Å². The van der Waals surface area contributed by atoms with E-state index in [1.165, 1.54) is 6.07 Å². The van der Waals surface area contributed by atoms with Gasteiger partial charge in [0.2, 0.25) is 0 Å². The molecule has 72 valence electrons. The van der Waals surface area contributed by atoms with E-state index in [9.17, 15) is 8.78 Å². The van der Waals surface area contributed by atoms with Crippen LogP contribution in [0.4, 0.5) is 8.78 Å². The van der Waals surface area contributed by atoms with Gasteiger partial charge in [0.05, 0.1) is 0 Å². The lowest BCUT2D eigenvalue weighted by molar-refractivity contribution is 0.565. The molecule has 0 N–H and O–H groups in total. The van der Waals surface area contributed by atoms with Gasteiger partial charge in [-0.1, -0.05) is 6.92 Å². The van der Waals surface area contributed by atoms with Crippen molar-refractivity contribution in [2.75, 3.05) is 0 Å². The highest BCUT2D eigenvalue weighted by atomic mass is 35.5. The summed E-state index contributed by atoms with van der Waals surface area (Å²) in [5.41, 5.74) is 0.336. The third-order valence-corrected chi connectivity index (χ3v) is 2.52. The van der Waals surface area contributed by atoms with Crippen molar-refractivity contribution in [3.8, 4) is 0 Å². The Morgan fingerprint density at radius 1 is 1.23 bits per heavy atom. The zero-order valence-corrected chi connectivity index (χ0v) is 8.28. The van der Waals surface area contributed by atoms with Crippen molar-refractivity contribution in [3.63, 3.8) is 0 Å². The van der Waals surface area contributed by atoms with Gasteiger partial charge in [-0.25, -0.2) is 8.78 Å². The minimum Gasteiger partial charge on any atom is -0.207 e. The zero-order valence-electron chi connectivity index (χ0n) is 7.52. The predicted octanol–water partition coefficient (Wildman–Crippen LogP) is 3.70. The number of benzene rings is 1. The number of rotatable bonds is 2. The summed E-state index contributed by atoms with van der Waals surface area (Å²) in [6, 6.07) is 3.42. The van der Waals surface area contributed by atoms with Crippen LogP contribution in [0.3, 0.4) is 0 Å². The fourth-order valence-corrected chi connectivity index (χ4v) is 1.25. The minimum absolute atomic E-state index is 0.183. The first-order chi connectivity index (χ1) is 6.02. The molecule has 0 bridgehead atoms. The van der Waals surface area contributed by atoms with E-state index < -0.39 is 11.6 Å². The topological polar surface area (TPSA) is 0 Å². The van der Waals surface area contributed by atoms with E-state index in [0.29, 0.717) is 5.56 Å². The van der Waals surface area contributed by atoms with Crippen LogP contribution in [0.15, 0.2) is 18.2 Å². The van der Waals surface area contributed by atoms with E-state index in [-0.39, 0.29) is 11.3 Å². The molecule has 1 aromatic carbocycles. The second-order valence-corrected chi connectivity index (χ2v) is 3.82. The van der Waals surface area contributed by atoms with Gasteiger partial charge in [-0.05, 0) is 30.7 Å². The Morgan fingerprint density at radius 3 is 2.38 bits per heavy atom. The third-order valence-electron chi connectivity index (χ3n) is 2.14. The van der Waals surface area contributed by atoms with Gasteiger partial charge in [0, 0.05) is 11.3 Å². The van der Waals surface area contributed by atoms with Gasteiger partial charge in [0.15, 0.2) is 0 Å². The first-order valence-corrected chi connectivity index (χ1v) is 4.55. The van der Waals surface area contributed by atoms with E-state index in [1.807, 2.05) is 0 Å². The molecule has 0 saturated heterocycles. The Bertz CT molecular complexity index is 297. The molecule has 0 saturated carbocycles. The lowest BCUT2D eigenvalue weighted by atomic mass is 9.98. The first-order valence-electron chi connectivity index (χ1n) is 4.11. The summed E-state index contributed by atoms with van der Waals surface area (Å²) in [7, 11) is 0. The highest BCUT2D eigenvalue weighted by Gasteiger charge is 2.16. The average Bonchev–Trinajstić information content (AvgIpc) is 2.08. The largest absolute Gasteiger partial charge is 0.207 e. The van der Waals surface area contributed by atoms with Crippen LogP contribution < -0.4 is 0 Å². The molecule has 0 nitrogen and oxygen atoms in total. The summed E-state index contributed by atoms with van der Waals surface area (Å²) in [5, 5.41) is -0.212. The molecular weight excluding hydrogens is 194 g/mol. The van der Waals surface area contributed by atoms with Gasteiger partial charge < -0.3 is 0 Å². The van der Waals surface area contributed by atoms with Crippen molar-refractivity contribution >= 4 is 11.6 Å². The normalized spacial score (nSPS) is 15.5. The second kappa shape index (κ2) is 4.05. The van der Waals surface area contributed by atoms with Crippen LogP contribution in [0.1, 0.15) is 25.3 Å². The molecule has 13 heavy (non-hydrogen) atoms. The summed E-state index contributed by atoms with van der Waals surface area (Å²) in [5.74, 6) is -1.01. The van der Waals surface area contributed by atoms with Gasteiger partial charge in [-0.15, -0.1) is 11.6 Å². The number of halogens is 3. The van der Waals surface area contributed by atoms with Crippen LogP contribution in [-0.2, 0) is 0 Å². The summed E-state index contributed by atoms with van der Waals surface area (Å²) in [4.78, 5) is 0. The molecule has 0 aliphatic heterocycles. The van der Waals surface area contributed by atoms with Gasteiger partial charge in [-0.3, -0.25) is 0 Å². The molecule has 1 rings (SSSR count). The lowest BCUT2D eigenvalue weighted by Crippen LogP contribution is -2.07.